The number of ether oxygens (including phenoxy) is 1. The van der Waals surface area contributed by atoms with Crippen molar-refractivity contribution in [3.63, 3.8) is 0 Å². The van der Waals surface area contributed by atoms with Crippen LogP contribution in [0, 0.1) is 6.92 Å². The molecular formula is C22H24Cl2N2O4. The Morgan fingerprint density at radius 3 is 2.63 bits per heavy atom. The summed E-state index contributed by atoms with van der Waals surface area (Å²) < 4.78 is 5.78. The van der Waals surface area contributed by atoms with Crippen molar-refractivity contribution in [2.75, 3.05) is 26.2 Å². The lowest BCUT2D eigenvalue weighted by molar-refractivity contribution is -0.121. The largest absolute Gasteiger partial charge is 0.478 e. The number of carboxylic acids is 1. The lowest BCUT2D eigenvalue weighted by atomic mass is 10.0. The lowest BCUT2D eigenvalue weighted by Gasteiger charge is -2.33. The molecule has 1 amide bonds. The first-order valence-electron chi connectivity index (χ1n) is 9.69. The predicted octanol–water partition coefficient (Wildman–Crippen LogP) is 3.56. The second-order valence-corrected chi connectivity index (χ2v) is 8.23. The van der Waals surface area contributed by atoms with E-state index in [4.69, 9.17) is 33.0 Å². The highest BCUT2D eigenvalue weighted by Gasteiger charge is 2.21. The Kier molecular flexibility index (Phi) is 7.72. The van der Waals surface area contributed by atoms with Gasteiger partial charge in [0.25, 0.3) is 0 Å². The summed E-state index contributed by atoms with van der Waals surface area (Å²) in [6, 6.07) is 10.6. The fourth-order valence-electron chi connectivity index (χ4n) is 3.49. The lowest BCUT2D eigenvalue weighted by Crippen LogP contribution is -2.47. The molecule has 0 saturated carbocycles. The first-order chi connectivity index (χ1) is 14.3. The third kappa shape index (κ3) is 6.19. The number of aryl methyl sites for hydroxylation is 1. The number of carbonyl (C=O) groups is 2. The monoisotopic (exact) mass is 450 g/mol. The summed E-state index contributed by atoms with van der Waals surface area (Å²) in [6.45, 7) is 4.98. The van der Waals surface area contributed by atoms with Crippen molar-refractivity contribution >= 4 is 35.1 Å². The van der Waals surface area contributed by atoms with Crippen LogP contribution in [0.4, 0.5) is 0 Å². The molecule has 1 heterocycles. The third-order valence-electron chi connectivity index (χ3n) is 5.03. The van der Waals surface area contributed by atoms with E-state index in [0.29, 0.717) is 35.3 Å². The van der Waals surface area contributed by atoms with E-state index < -0.39 is 5.97 Å². The third-order valence-corrected chi connectivity index (χ3v) is 5.76. The molecular weight excluding hydrogens is 427 g/mol. The van der Waals surface area contributed by atoms with E-state index in [2.05, 4.69) is 10.2 Å². The summed E-state index contributed by atoms with van der Waals surface area (Å²) in [6.07, 6.45) is 0.0991. The number of hydrogen-bond donors (Lipinski definition) is 2. The molecule has 2 aromatic carbocycles. The number of amides is 1. The van der Waals surface area contributed by atoms with E-state index in [1.54, 1.807) is 25.1 Å². The van der Waals surface area contributed by atoms with E-state index in [9.17, 15) is 9.59 Å². The number of hydrogen-bond acceptors (Lipinski definition) is 4. The molecule has 8 heteroatoms. The summed E-state index contributed by atoms with van der Waals surface area (Å²) in [7, 11) is 0. The van der Waals surface area contributed by atoms with E-state index in [0.717, 1.165) is 24.2 Å². The standard InChI is InChI=1S/C22H24Cl2N2O4/c1-14-8-15(2-4-18(14)22(28)29)10-21(27)25-11-17-13-26(6-7-30-17)12-16-3-5-19(23)20(24)9-16/h2-5,8-9,17H,6-7,10-13H2,1H3,(H,25,27)(H,28,29). The van der Waals surface area contributed by atoms with Gasteiger partial charge >= 0.3 is 5.97 Å². The van der Waals surface area contributed by atoms with Crippen LogP contribution in [0.5, 0.6) is 0 Å². The molecule has 1 aliphatic heterocycles. The normalized spacial score (nSPS) is 17.0. The van der Waals surface area contributed by atoms with Gasteiger partial charge in [0.1, 0.15) is 0 Å². The summed E-state index contributed by atoms with van der Waals surface area (Å²) in [5.74, 6) is -1.09. The van der Waals surface area contributed by atoms with Crippen LogP contribution >= 0.6 is 23.2 Å². The van der Waals surface area contributed by atoms with Crippen molar-refractivity contribution in [3.8, 4) is 0 Å². The maximum atomic E-state index is 12.3. The minimum absolute atomic E-state index is 0.0957. The molecule has 3 rings (SSSR count). The number of nitrogens with zero attached hydrogens (tertiary/aromatic N) is 1. The molecule has 2 N–H and O–H groups in total. The molecule has 2 aromatic rings. The highest BCUT2D eigenvalue weighted by Crippen LogP contribution is 2.23. The molecule has 30 heavy (non-hydrogen) atoms. The van der Waals surface area contributed by atoms with Gasteiger partial charge in [-0.2, -0.15) is 0 Å². The van der Waals surface area contributed by atoms with Gasteiger partial charge in [0.2, 0.25) is 5.91 Å². The summed E-state index contributed by atoms with van der Waals surface area (Å²) in [5.41, 5.74) is 2.74. The number of carbonyl (C=O) groups excluding carboxylic acids is 1. The molecule has 160 valence electrons. The number of carboxylic acid groups (broad SMARTS) is 1. The van der Waals surface area contributed by atoms with Gasteiger partial charge in [0, 0.05) is 26.2 Å². The van der Waals surface area contributed by atoms with Crippen LogP contribution in [0.15, 0.2) is 36.4 Å². The molecule has 0 aliphatic carbocycles. The molecule has 0 aromatic heterocycles. The Bertz CT molecular complexity index is 935. The van der Waals surface area contributed by atoms with E-state index in [1.165, 1.54) is 6.07 Å². The molecule has 1 atom stereocenters. The van der Waals surface area contributed by atoms with Crippen molar-refractivity contribution in [2.45, 2.75) is 26.0 Å². The Labute approximate surface area is 185 Å². The summed E-state index contributed by atoms with van der Waals surface area (Å²) in [5, 5.41) is 13.1. The van der Waals surface area contributed by atoms with E-state index in [-0.39, 0.29) is 24.0 Å². The van der Waals surface area contributed by atoms with Crippen molar-refractivity contribution in [2.24, 2.45) is 0 Å². The number of morpholine rings is 1. The first-order valence-corrected chi connectivity index (χ1v) is 10.4. The van der Waals surface area contributed by atoms with Gasteiger partial charge in [-0.3, -0.25) is 9.69 Å². The van der Waals surface area contributed by atoms with Crippen LogP contribution in [0.25, 0.3) is 0 Å². The van der Waals surface area contributed by atoms with Crippen LogP contribution in [0.2, 0.25) is 10.0 Å². The van der Waals surface area contributed by atoms with Gasteiger partial charge in [0.15, 0.2) is 0 Å². The Balaban J connectivity index is 1.48. The van der Waals surface area contributed by atoms with Crippen molar-refractivity contribution in [1.82, 2.24) is 10.2 Å². The van der Waals surface area contributed by atoms with Gasteiger partial charge < -0.3 is 15.2 Å². The van der Waals surface area contributed by atoms with E-state index in [1.807, 2.05) is 12.1 Å². The Morgan fingerprint density at radius 2 is 1.93 bits per heavy atom. The van der Waals surface area contributed by atoms with Gasteiger partial charge in [-0.15, -0.1) is 0 Å². The molecule has 1 fully saturated rings. The van der Waals surface area contributed by atoms with Crippen LogP contribution in [0.3, 0.4) is 0 Å². The highest BCUT2D eigenvalue weighted by molar-refractivity contribution is 6.42. The fraction of sp³-hybridized carbons (Fsp3) is 0.364. The average molecular weight is 451 g/mol. The van der Waals surface area contributed by atoms with E-state index >= 15 is 0 Å². The number of aromatic carboxylic acids is 1. The van der Waals surface area contributed by atoms with Gasteiger partial charge in [-0.1, -0.05) is 41.4 Å². The predicted molar refractivity (Wildman–Crippen MR) is 116 cm³/mol. The van der Waals surface area contributed by atoms with Crippen molar-refractivity contribution < 1.29 is 19.4 Å². The molecule has 6 nitrogen and oxygen atoms in total. The summed E-state index contributed by atoms with van der Waals surface area (Å²) in [4.78, 5) is 25.7. The zero-order valence-corrected chi connectivity index (χ0v) is 18.2. The maximum Gasteiger partial charge on any atom is 0.335 e. The molecule has 0 bridgehead atoms. The van der Waals surface area contributed by atoms with Crippen LogP contribution in [0.1, 0.15) is 27.0 Å². The molecule has 1 unspecified atom stereocenters. The average Bonchev–Trinajstić information content (AvgIpc) is 2.69. The van der Waals surface area contributed by atoms with Crippen LogP contribution in [-0.4, -0.2) is 54.2 Å². The van der Waals surface area contributed by atoms with Crippen LogP contribution in [-0.2, 0) is 22.5 Å². The second-order valence-electron chi connectivity index (χ2n) is 7.41. The van der Waals surface area contributed by atoms with Gasteiger partial charge in [-0.25, -0.2) is 4.79 Å². The fourth-order valence-corrected chi connectivity index (χ4v) is 3.82. The zero-order valence-electron chi connectivity index (χ0n) is 16.7. The quantitative estimate of drug-likeness (QED) is 0.673. The topological polar surface area (TPSA) is 78.9 Å². The minimum Gasteiger partial charge on any atom is -0.478 e. The highest BCUT2D eigenvalue weighted by atomic mass is 35.5. The summed E-state index contributed by atoms with van der Waals surface area (Å²) >= 11 is 12.1. The second kappa shape index (κ2) is 10.3. The SMILES string of the molecule is Cc1cc(CC(=O)NCC2CN(Cc3ccc(Cl)c(Cl)c3)CCO2)ccc1C(=O)O. The number of nitrogens with one attached hydrogen (secondary N) is 1. The molecule has 0 spiro atoms. The molecule has 0 radical (unpaired) electrons. The number of benzene rings is 2. The Hall–Kier alpha value is -2.12. The Morgan fingerprint density at radius 1 is 1.17 bits per heavy atom. The maximum absolute atomic E-state index is 12.3. The van der Waals surface area contributed by atoms with Gasteiger partial charge in [0.05, 0.1) is 34.7 Å². The first kappa shape index (κ1) is 22.6. The molecule has 1 saturated heterocycles. The smallest absolute Gasteiger partial charge is 0.335 e. The van der Waals surface area contributed by atoms with Crippen molar-refractivity contribution in [3.05, 3.63) is 68.7 Å². The minimum atomic E-state index is -0.969. The molecule has 1 aliphatic rings. The zero-order chi connectivity index (χ0) is 21.7. The van der Waals surface area contributed by atoms with Crippen LogP contribution < -0.4 is 5.32 Å². The number of halogens is 2. The van der Waals surface area contributed by atoms with Gasteiger partial charge in [-0.05, 0) is 41.8 Å². The van der Waals surface area contributed by atoms with Crippen molar-refractivity contribution in [1.29, 1.82) is 0 Å². The number of rotatable bonds is 7.